The van der Waals surface area contributed by atoms with E-state index in [1.54, 1.807) is 0 Å². The van der Waals surface area contributed by atoms with E-state index in [9.17, 15) is 10.2 Å². The first-order valence-corrected chi connectivity index (χ1v) is 3.96. The first-order chi connectivity index (χ1) is 6.57. The lowest BCUT2D eigenvalue weighted by atomic mass is 9.99. The van der Waals surface area contributed by atoms with Crippen LogP contribution in [0.15, 0.2) is 5.11 Å². The molecular formula is C6H11N3O5. The molecule has 0 spiro atoms. The van der Waals surface area contributed by atoms with Crippen LogP contribution in [0.5, 0.6) is 0 Å². The number of azide groups is 1. The molecule has 5 atom stereocenters. The summed E-state index contributed by atoms with van der Waals surface area (Å²) in [7, 11) is 0. The van der Waals surface area contributed by atoms with Gasteiger partial charge in [0.1, 0.15) is 18.3 Å². The molecule has 0 amide bonds. The summed E-state index contributed by atoms with van der Waals surface area (Å²) in [4.78, 5) is 2.44. The topological polar surface area (TPSA) is 139 Å². The summed E-state index contributed by atoms with van der Waals surface area (Å²) in [6.45, 7) is -0.224. The highest BCUT2D eigenvalue weighted by atomic mass is 16.6. The highest BCUT2D eigenvalue weighted by Crippen LogP contribution is 2.19. The second-order valence-electron chi connectivity index (χ2n) is 2.95. The van der Waals surface area contributed by atoms with Crippen LogP contribution in [0.3, 0.4) is 0 Å². The second-order valence-corrected chi connectivity index (χ2v) is 2.95. The number of aliphatic hydroxyl groups is 4. The Balaban J connectivity index is 2.64. The zero-order chi connectivity index (χ0) is 10.7. The zero-order valence-corrected chi connectivity index (χ0v) is 7.13. The first-order valence-electron chi connectivity index (χ1n) is 3.96. The lowest BCUT2D eigenvalue weighted by molar-refractivity contribution is -0.279. The normalized spacial score (nSPS) is 43.0. The van der Waals surface area contributed by atoms with Crippen LogP contribution in [0.25, 0.3) is 10.4 Å². The van der Waals surface area contributed by atoms with Gasteiger partial charge in [-0.25, -0.2) is 0 Å². The number of rotatable bonds is 2. The van der Waals surface area contributed by atoms with Gasteiger partial charge in [-0.2, -0.15) is 0 Å². The summed E-state index contributed by atoms with van der Waals surface area (Å²) in [6.07, 6.45) is -7.07. The van der Waals surface area contributed by atoms with Crippen LogP contribution < -0.4 is 0 Å². The molecule has 0 unspecified atom stereocenters. The minimum Gasteiger partial charge on any atom is -0.388 e. The summed E-state index contributed by atoms with van der Waals surface area (Å²) in [6, 6.07) is 0. The average Bonchev–Trinajstić information content (AvgIpc) is 2.18. The van der Waals surface area contributed by atoms with Crippen LogP contribution in [0, 0.1) is 0 Å². The molecule has 1 fully saturated rings. The number of ether oxygens (including phenoxy) is 1. The molecular weight excluding hydrogens is 194 g/mol. The van der Waals surface area contributed by atoms with E-state index < -0.39 is 30.7 Å². The van der Waals surface area contributed by atoms with Gasteiger partial charge >= 0.3 is 0 Å². The van der Waals surface area contributed by atoms with Gasteiger partial charge in [-0.15, -0.1) is 0 Å². The Kier molecular flexibility index (Phi) is 3.64. The molecule has 8 heteroatoms. The SMILES string of the molecule is [N-]=[N+]=NC[C@H]1O[C@H](O)[C@@H](O)[C@@H](O)[C@@H]1O. The van der Waals surface area contributed by atoms with E-state index in [0.717, 1.165) is 0 Å². The van der Waals surface area contributed by atoms with Gasteiger partial charge in [-0.1, -0.05) is 5.11 Å². The van der Waals surface area contributed by atoms with Crippen LogP contribution >= 0.6 is 0 Å². The van der Waals surface area contributed by atoms with E-state index in [2.05, 4.69) is 10.0 Å². The molecule has 80 valence electrons. The Hall–Kier alpha value is -0.890. The van der Waals surface area contributed by atoms with Gasteiger partial charge in [0, 0.05) is 4.91 Å². The van der Waals surface area contributed by atoms with Crippen molar-refractivity contribution in [1.29, 1.82) is 0 Å². The number of hydrogen-bond acceptors (Lipinski definition) is 6. The summed E-state index contributed by atoms with van der Waals surface area (Å²) in [5.74, 6) is 0. The summed E-state index contributed by atoms with van der Waals surface area (Å²) < 4.78 is 4.71. The largest absolute Gasteiger partial charge is 0.388 e. The number of aliphatic hydroxyl groups excluding tert-OH is 4. The molecule has 1 rings (SSSR count). The quantitative estimate of drug-likeness (QED) is 0.237. The summed E-state index contributed by atoms with van der Waals surface area (Å²) >= 11 is 0. The molecule has 0 aromatic rings. The van der Waals surface area contributed by atoms with Gasteiger partial charge in [-0.05, 0) is 5.53 Å². The first kappa shape index (κ1) is 11.2. The minimum absolute atomic E-state index is 0.224. The van der Waals surface area contributed by atoms with Crippen LogP contribution in [0.4, 0.5) is 0 Å². The van der Waals surface area contributed by atoms with Gasteiger partial charge in [0.05, 0.1) is 12.6 Å². The van der Waals surface area contributed by atoms with E-state index in [0.29, 0.717) is 0 Å². The molecule has 0 aromatic heterocycles. The fourth-order valence-corrected chi connectivity index (χ4v) is 1.20. The van der Waals surface area contributed by atoms with Crippen molar-refractivity contribution >= 4 is 0 Å². The molecule has 1 saturated heterocycles. The molecule has 1 aliphatic heterocycles. The molecule has 0 aliphatic carbocycles. The molecule has 0 aromatic carbocycles. The molecule has 8 nitrogen and oxygen atoms in total. The van der Waals surface area contributed by atoms with Crippen molar-refractivity contribution < 1.29 is 25.2 Å². The van der Waals surface area contributed by atoms with Crippen molar-refractivity contribution in [2.75, 3.05) is 6.54 Å². The van der Waals surface area contributed by atoms with Crippen LogP contribution in [0.2, 0.25) is 0 Å². The maximum atomic E-state index is 9.32. The van der Waals surface area contributed by atoms with Crippen molar-refractivity contribution in [3.05, 3.63) is 10.4 Å². The summed E-state index contributed by atoms with van der Waals surface area (Å²) in [5, 5.41) is 39.8. The van der Waals surface area contributed by atoms with Crippen LogP contribution in [0.1, 0.15) is 0 Å². The molecule has 4 N–H and O–H groups in total. The molecule has 14 heavy (non-hydrogen) atoms. The predicted octanol–water partition coefficient (Wildman–Crippen LogP) is -1.90. The van der Waals surface area contributed by atoms with Crippen molar-refractivity contribution in [3.63, 3.8) is 0 Å². The average molecular weight is 205 g/mol. The smallest absolute Gasteiger partial charge is 0.183 e. The van der Waals surface area contributed by atoms with Gasteiger partial charge in [0.15, 0.2) is 6.29 Å². The Morgan fingerprint density at radius 3 is 2.36 bits per heavy atom. The van der Waals surface area contributed by atoms with Crippen molar-refractivity contribution in [2.45, 2.75) is 30.7 Å². The highest BCUT2D eigenvalue weighted by molar-refractivity contribution is 4.89. The lowest BCUT2D eigenvalue weighted by Crippen LogP contribution is -2.58. The van der Waals surface area contributed by atoms with E-state index in [1.807, 2.05) is 0 Å². The van der Waals surface area contributed by atoms with Crippen LogP contribution in [-0.4, -0.2) is 57.7 Å². The van der Waals surface area contributed by atoms with Crippen molar-refractivity contribution in [1.82, 2.24) is 0 Å². The van der Waals surface area contributed by atoms with Gasteiger partial charge < -0.3 is 25.2 Å². The van der Waals surface area contributed by atoms with E-state index in [1.165, 1.54) is 0 Å². The Morgan fingerprint density at radius 1 is 1.14 bits per heavy atom. The highest BCUT2D eigenvalue weighted by Gasteiger charge is 2.42. The van der Waals surface area contributed by atoms with Gasteiger partial charge in [-0.3, -0.25) is 0 Å². The molecule has 0 bridgehead atoms. The third kappa shape index (κ3) is 2.13. The molecule has 0 saturated carbocycles. The van der Waals surface area contributed by atoms with Crippen molar-refractivity contribution in [3.8, 4) is 0 Å². The predicted molar refractivity (Wildman–Crippen MR) is 42.9 cm³/mol. The Labute approximate surface area is 79.0 Å². The lowest BCUT2D eigenvalue weighted by Gasteiger charge is -2.37. The maximum Gasteiger partial charge on any atom is 0.183 e. The Morgan fingerprint density at radius 2 is 1.79 bits per heavy atom. The fourth-order valence-electron chi connectivity index (χ4n) is 1.20. The van der Waals surface area contributed by atoms with E-state index >= 15 is 0 Å². The van der Waals surface area contributed by atoms with Gasteiger partial charge in [0.2, 0.25) is 0 Å². The standard InChI is InChI=1S/C6H11N3O5/c7-9-8-1-2-3(10)4(11)5(12)6(13)14-2/h2-6,10-13H,1H2/t2-,3-,4+,5+,6+/m1/s1. The molecule has 0 radical (unpaired) electrons. The fraction of sp³-hybridized carbons (Fsp3) is 1.00. The summed E-state index contributed by atoms with van der Waals surface area (Å²) in [5.41, 5.74) is 8.01. The van der Waals surface area contributed by atoms with E-state index in [4.69, 9.17) is 20.5 Å². The van der Waals surface area contributed by atoms with Crippen LogP contribution in [-0.2, 0) is 4.74 Å². The second kappa shape index (κ2) is 4.56. The monoisotopic (exact) mass is 205 g/mol. The zero-order valence-electron chi connectivity index (χ0n) is 7.13. The van der Waals surface area contributed by atoms with Crippen molar-refractivity contribution in [2.24, 2.45) is 5.11 Å². The van der Waals surface area contributed by atoms with Gasteiger partial charge in [0.25, 0.3) is 0 Å². The minimum atomic E-state index is -1.59. The number of nitrogens with zero attached hydrogens (tertiary/aromatic N) is 3. The Bertz CT molecular complexity index is 244. The third-order valence-corrected chi connectivity index (χ3v) is 2.01. The van der Waals surface area contributed by atoms with E-state index in [-0.39, 0.29) is 6.54 Å². The molecule has 1 aliphatic rings. The third-order valence-electron chi connectivity index (χ3n) is 2.01. The maximum absolute atomic E-state index is 9.32. The molecule has 1 heterocycles. The number of hydrogen-bond donors (Lipinski definition) is 4.